The maximum Gasteiger partial charge on any atom is 0.257 e. The van der Waals surface area contributed by atoms with Gasteiger partial charge in [0, 0.05) is 17.6 Å². The van der Waals surface area contributed by atoms with Crippen LogP contribution in [0.15, 0.2) is 66.7 Å². The first-order valence-electron chi connectivity index (χ1n) is 11.7. The van der Waals surface area contributed by atoms with E-state index in [1.54, 1.807) is 0 Å². The average molecular weight is 474 g/mol. The third-order valence-corrected chi connectivity index (χ3v) is 7.52. The summed E-state index contributed by atoms with van der Waals surface area (Å²) in [4.78, 5) is 11.9. The summed E-state index contributed by atoms with van der Waals surface area (Å²) in [6.07, 6.45) is 3.11. The Morgan fingerprint density at radius 1 is 0.941 bits per heavy atom. The van der Waals surface area contributed by atoms with Crippen molar-refractivity contribution < 1.29 is 18.5 Å². The van der Waals surface area contributed by atoms with Crippen LogP contribution >= 0.6 is 0 Å². The van der Waals surface area contributed by atoms with E-state index in [1.165, 1.54) is 22.8 Å². The number of benzene rings is 3. The van der Waals surface area contributed by atoms with Crippen molar-refractivity contribution in [3.63, 3.8) is 0 Å². The van der Waals surface area contributed by atoms with Gasteiger partial charge in [-0.1, -0.05) is 51.1 Å². The van der Waals surface area contributed by atoms with Gasteiger partial charge < -0.3 is 9.47 Å². The highest BCUT2D eigenvalue weighted by atomic mass is 32.2. The molecular weight excluding hydrogens is 446 g/mol. The highest BCUT2D eigenvalue weighted by Crippen LogP contribution is 2.46. The van der Waals surface area contributed by atoms with E-state index in [0.29, 0.717) is 10.8 Å². The van der Waals surface area contributed by atoms with E-state index in [0.717, 1.165) is 41.2 Å². The molecule has 3 aromatic carbocycles. The molecule has 2 aliphatic carbocycles. The molecule has 6 heteroatoms. The molecule has 3 aliphatic rings. The summed E-state index contributed by atoms with van der Waals surface area (Å²) in [5.41, 5.74) is 5.88. The largest absolute Gasteiger partial charge is 0.486 e. The van der Waals surface area contributed by atoms with Gasteiger partial charge in [-0.25, -0.2) is 4.21 Å². The third kappa shape index (κ3) is 4.14. The number of carbonyl (C=O) groups is 1. The number of ether oxygens (including phenoxy) is 2. The fourth-order valence-corrected chi connectivity index (χ4v) is 5.51. The van der Waals surface area contributed by atoms with Crippen molar-refractivity contribution >= 4 is 21.8 Å². The lowest BCUT2D eigenvalue weighted by molar-refractivity contribution is -0.114. The first-order chi connectivity index (χ1) is 16.6. The Morgan fingerprint density at radius 3 is 2.41 bits per heavy atom. The Balaban J connectivity index is 0.00000117. The van der Waals surface area contributed by atoms with Crippen molar-refractivity contribution in [3.05, 3.63) is 94.6 Å². The Bertz CT molecular complexity index is 1310. The normalized spacial score (nSPS) is 21.4. The topological polar surface area (TPSA) is 64.6 Å². The van der Waals surface area contributed by atoms with Crippen LogP contribution in [0, 0.1) is 0 Å². The minimum atomic E-state index is -1.50. The molecule has 1 heterocycles. The van der Waals surface area contributed by atoms with E-state index in [2.05, 4.69) is 29.8 Å². The van der Waals surface area contributed by atoms with E-state index in [4.69, 9.17) is 9.47 Å². The zero-order valence-electron chi connectivity index (χ0n) is 19.5. The molecule has 1 amide bonds. The number of carbonyl (C=O) groups excluding carboxylic acids is 1. The number of fused-ring (bicyclic) bond motifs is 2. The van der Waals surface area contributed by atoms with Crippen LogP contribution in [-0.4, -0.2) is 10.1 Å². The molecule has 1 N–H and O–H groups in total. The van der Waals surface area contributed by atoms with Gasteiger partial charge >= 0.3 is 0 Å². The molecule has 0 fully saturated rings. The molecule has 0 bridgehead atoms. The van der Waals surface area contributed by atoms with Crippen LogP contribution < -0.4 is 14.2 Å². The van der Waals surface area contributed by atoms with Crippen LogP contribution in [-0.2, 0) is 22.2 Å². The number of amides is 1. The van der Waals surface area contributed by atoms with E-state index >= 15 is 0 Å². The monoisotopic (exact) mass is 473 g/mol. The summed E-state index contributed by atoms with van der Waals surface area (Å²) in [5.74, 6) is 2.74. The number of rotatable bonds is 5. The maximum absolute atomic E-state index is 12.0. The summed E-state index contributed by atoms with van der Waals surface area (Å²) >= 11 is 0. The van der Waals surface area contributed by atoms with E-state index < -0.39 is 11.0 Å². The Kier molecular flexibility index (Phi) is 6.00. The fourth-order valence-electron chi connectivity index (χ4n) is 4.60. The lowest BCUT2D eigenvalue weighted by Crippen LogP contribution is -2.16. The molecule has 3 unspecified atom stereocenters. The van der Waals surface area contributed by atoms with Gasteiger partial charge in [-0.05, 0) is 65.4 Å². The van der Waals surface area contributed by atoms with Gasteiger partial charge in [0.1, 0.15) is 23.4 Å². The van der Waals surface area contributed by atoms with Crippen molar-refractivity contribution in [3.8, 4) is 17.2 Å². The lowest BCUT2D eigenvalue weighted by Gasteiger charge is -2.16. The minimum absolute atomic E-state index is 0.0453. The quantitative estimate of drug-likeness (QED) is 0.481. The van der Waals surface area contributed by atoms with Crippen LogP contribution in [0.2, 0.25) is 0 Å². The summed E-state index contributed by atoms with van der Waals surface area (Å²) in [6.45, 7) is 6.21. The summed E-state index contributed by atoms with van der Waals surface area (Å²) in [5, 5.41) is 0. The van der Waals surface area contributed by atoms with Crippen molar-refractivity contribution in [2.75, 3.05) is 0 Å². The highest BCUT2D eigenvalue weighted by molar-refractivity contribution is 7.93. The lowest BCUT2D eigenvalue weighted by atomic mass is 10.1. The Morgan fingerprint density at radius 2 is 1.71 bits per heavy atom. The van der Waals surface area contributed by atoms with Crippen molar-refractivity contribution in [2.24, 2.45) is 0 Å². The van der Waals surface area contributed by atoms with Gasteiger partial charge in [-0.3, -0.25) is 9.52 Å². The molecule has 3 atom stereocenters. The molecule has 5 nitrogen and oxygen atoms in total. The molecule has 174 valence electrons. The van der Waals surface area contributed by atoms with Crippen molar-refractivity contribution in [2.45, 2.75) is 45.6 Å². The van der Waals surface area contributed by atoms with Crippen LogP contribution in [0.25, 0.3) is 4.91 Å². The second kappa shape index (κ2) is 9.11. The van der Waals surface area contributed by atoms with Crippen LogP contribution in [0.5, 0.6) is 17.2 Å². The average Bonchev–Trinajstić information content (AvgIpc) is 3.15. The molecule has 0 saturated carbocycles. The Hall–Kier alpha value is -3.38. The summed E-state index contributed by atoms with van der Waals surface area (Å²) in [7, 11) is -1.50. The zero-order chi connectivity index (χ0) is 23.8. The van der Waals surface area contributed by atoms with Crippen LogP contribution in [0.1, 0.15) is 67.0 Å². The number of hydrogen-bond acceptors (Lipinski definition) is 4. The van der Waals surface area contributed by atoms with Crippen molar-refractivity contribution in [1.82, 2.24) is 4.72 Å². The Labute approximate surface area is 202 Å². The highest BCUT2D eigenvalue weighted by Gasteiger charge is 2.30. The first kappa shape index (κ1) is 22.4. The molecule has 6 rings (SSSR count). The number of nitrogens with one attached hydrogen (secondary N) is 1. The minimum Gasteiger partial charge on any atom is -0.486 e. The van der Waals surface area contributed by atoms with Gasteiger partial charge in [0.15, 0.2) is 11.0 Å². The molecule has 1 aliphatic heterocycles. The smallest absolute Gasteiger partial charge is 0.257 e. The molecule has 0 aromatic heterocycles. The second-order valence-corrected chi connectivity index (χ2v) is 9.53. The van der Waals surface area contributed by atoms with Crippen LogP contribution in [0.3, 0.4) is 0 Å². The van der Waals surface area contributed by atoms with Gasteiger partial charge in [0.25, 0.3) is 5.91 Å². The second-order valence-electron chi connectivity index (χ2n) is 8.35. The molecule has 34 heavy (non-hydrogen) atoms. The maximum atomic E-state index is 12.0. The zero-order valence-corrected chi connectivity index (χ0v) is 20.3. The van der Waals surface area contributed by atoms with Crippen LogP contribution in [0.4, 0.5) is 0 Å². The third-order valence-electron chi connectivity index (χ3n) is 6.38. The van der Waals surface area contributed by atoms with Gasteiger partial charge in [0.2, 0.25) is 0 Å². The van der Waals surface area contributed by atoms with Gasteiger partial charge in [-0.15, -0.1) is 0 Å². The molecule has 0 saturated heterocycles. The predicted molar refractivity (Wildman–Crippen MR) is 134 cm³/mol. The standard InChI is InChI=1S/C26H21NO4S.C2H6/c1-15-19-10-9-18(13-22(15)19)31-23-4-2-3-20-21(23)11-12-24(20)30-17-7-5-16(6-8-17)25-14-26(28)27-32(25)29;1-2/h2-10,13-15,24H,11-12H2,1H3,(H,27,28);1-2H3. The number of hydrogen-bond donors (Lipinski definition) is 1. The summed E-state index contributed by atoms with van der Waals surface area (Å²) in [6, 6.07) is 19.9. The van der Waals surface area contributed by atoms with E-state index in [1.807, 2.05) is 56.3 Å². The fraction of sp³-hybridized carbons (Fsp3) is 0.250. The molecular formula is C28H27NO4S. The molecule has 3 aromatic rings. The molecule has 0 radical (unpaired) electrons. The summed E-state index contributed by atoms with van der Waals surface area (Å²) < 4.78 is 26.9. The first-order valence-corrected chi connectivity index (χ1v) is 12.9. The van der Waals surface area contributed by atoms with Gasteiger partial charge in [0.05, 0.1) is 4.91 Å². The van der Waals surface area contributed by atoms with E-state index in [9.17, 15) is 9.00 Å². The van der Waals surface area contributed by atoms with E-state index in [-0.39, 0.29) is 12.0 Å². The predicted octanol–water partition coefficient (Wildman–Crippen LogP) is 6.17. The van der Waals surface area contributed by atoms with Crippen molar-refractivity contribution in [1.29, 1.82) is 0 Å². The molecule has 0 spiro atoms. The van der Waals surface area contributed by atoms with Gasteiger partial charge in [-0.2, -0.15) is 0 Å². The SMILES string of the molecule is CC.CC1c2ccc(Oc3cccc4c3CCC4Oc3ccc(C4=CC(=O)NS4=O)cc3)cc21.